The number of nitrogens with one attached hydrogen (secondary N) is 1. The van der Waals surface area contributed by atoms with Gasteiger partial charge in [0.25, 0.3) is 0 Å². The molecular weight excluding hydrogens is 822 g/mol. The quantitative estimate of drug-likeness (QED) is 0.138. The van der Waals surface area contributed by atoms with Crippen LogP contribution in [0.1, 0.15) is 0 Å². The fraction of sp³-hybridized carbons (Fsp3) is 0. The molecule has 3 nitrogen and oxygen atoms in total. The summed E-state index contributed by atoms with van der Waals surface area (Å²) in [5.41, 5.74) is 20.8. The average molecular weight is 868 g/mol. The van der Waals surface area contributed by atoms with Crippen molar-refractivity contribution in [2.24, 2.45) is 0 Å². The van der Waals surface area contributed by atoms with E-state index in [-0.39, 0.29) is 0 Å². The fourth-order valence-corrected chi connectivity index (χ4v) is 10.0. The molecule has 320 valence electrons. The Kier molecular flexibility index (Phi) is 10.7. The van der Waals surface area contributed by atoms with Crippen molar-refractivity contribution in [2.45, 2.75) is 0 Å². The van der Waals surface area contributed by atoms with Gasteiger partial charge < -0.3 is 15.1 Å². The molecule has 11 aromatic rings. The maximum Gasteiger partial charge on any atom is 0.198 e. The summed E-state index contributed by atoms with van der Waals surface area (Å²) in [4.78, 5) is 4.86. The molecule has 0 fully saturated rings. The Morgan fingerprint density at radius 1 is 0.368 bits per heavy atom. The van der Waals surface area contributed by atoms with Crippen molar-refractivity contribution in [1.29, 1.82) is 0 Å². The maximum absolute atomic E-state index is 4.02. The van der Waals surface area contributed by atoms with E-state index >= 15 is 0 Å². The third kappa shape index (κ3) is 7.78. The number of para-hydroxylation sites is 2. The second kappa shape index (κ2) is 17.8. The molecule has 1 aliphatic rings. The van der Waals surface area contributed by atoms with Gasteiger partial charge in [0.2, 0.25) is 0 Å². The third-order valence-corrected chi connectivity index (χ3v) is 13.2. The molecule has 4 heteroatoms. The topological polar surface area (TPSA) is 18.5 Å². The zero-order valence-corrected chi connectivity index (χ0v) is 37.5. The lowest BCUT2D eigenvalue weighted by Gasteiger charge is -2.36. The van der Waals surface area contributed by atoms with Gasteiger partial charge in [0.05, 0.1) is 0 Å². The molecule has 1 heterocycles. The van der Waals surface area contributed by atoms with E-state index in [1.807, 2.05) is 0 Å². The molecule has 0 spiro atoms. The first-order valence-corrected chi connectivity index (χ1v) is 23.4. The molecule has 0 saturated heterocycles. The summed E-state index contributed by atoms with van der Waals surface area (Å²) >= 11 is 0. The average Bonchev–Trinajstić information content (AvgIpc) is 3.41. The van der Waals surface area contributed by atoms with Crippen LogP contribution < -0.4 is 26.0 Å². The summed E-state index contributed by atoms with van der Waals surface area (Å²) in [6, 6.07) is 96.5. The summed E-state index contributed by atoms with van der Waals surface area (Å²) in [6.45, 7) is 0. The molecule has 11 aromatic carbocycles. The van der Waals surface area contributed by atoms with Crippen molar-refractivity contribution in [3.8, 4) is 44.5 Å². The van der Waals surface area contributed by atoms with Gasteiger partial charge in [-0.15, -0.1) is 0 Å². The van der Waals surface area contributed by atoms with Crippen molar-refractivity contribution < 1.29 is 0 Å². The SMILES string of the molecule is B1c2ccc(-c3ccccc3)cc2N(c2cccc(-c3ccccc3)c2)c2cc3ccccc3c(-c3ccc(N(c4ccccc4)c4ccccc4)cc3Nc3cccc(-c4ccccc4)c3)c21. The van der Waals surface area contributed by atoms with Crippen LogP contribution in [-0.2, 0) is 0 Å². The molecule has 0 aromatic heterocycles. The number of nitrogens with zero attached hydrogens (tertiary/aromatic N) is 2. The van der Waals surface area contributed by atoms with E-state index in [0.29, 0.717) is 0 Å². The zero-order valence-electron chi connectivity index (χ0n) is 37.5. The molecule has 1 N–H and O–H groups in total. The van der Waals surface area contributed by atoms with Gasteiger partial charge in [-0.3, -0.25) is 0 Å². The van der Waals surface area contributed by atoms with Crippen LogP contribution >= 0.6 is 0 Å². The third-order valence-electron chi connectivity index (χ3n) is 13.2. The van der Waals surface area contributed by atoms with Crippen molar-refractivity contribution in [2.75, 3.05) is 15.1 Å². The van der Waals surface area contributed by atoms with Crippen LogP contribution in [0, 0.1) is 0 Å². The van der Waals surface area contributed by atoms with Crippen molar-refractivity contribution in [1.82, 2.24) is 0 Å². The van der Waals surface area contributed by atoms with Gasteiger partial charge in [-0.25, -0.2) is 0 Å². The molecule has 0 aliphatic carbocycles. The second-order valence-corrected chi connectivity index (χ2v) is 17.4. The molecule has 68 heavy (non-hydrogen) atoms. The number of benzene rings is 11. The van der Waals surface area contributed by atoms with Crippen molar-refractivity contribution >= 4 is 74.5 Å². The Balaban J connectivity index is 1.10. The van der Waals surface area contributed by atoms with Crippen LogP contribution in [0.15, 0.2) is 267 Å². The molecule has 1 aliphatic heterocycles. The zero-order chi connectivity index (χ0) is 45.2. The predicted octanol–water partition coefficient (Wildman–Crippen LogP) is 15.9. The molecule has 0 atom stereocenters. The number of hydrogen-bond acceptors (Lipinski definition) is 3. The van der Waals surface area contributed by atoms with Crippen LogP contribution in [0.3, 0.4) is 0 Å². The van der Waals surface area contributed by atoms with E-state index in [0.717, 1.165) is 52.5 Å². The fourth-order valence-electron chi connectivity index (χ4n) is 10.0. The highest BCUT2D eigenvalue weighted by molar-refractivity contribution is 6.73. The lowest BCUT2D eigenvalue weighted by Crippen LogP contribution is -2.41. The van der Waals surface area contributed by atoms with Crippen LogP contribution in [0.25, 0.3) is 55.3 Å². The van der Waals surface area contributed by atoms with Gasteiger partial charge in [0.15, 0.2) is 7.28 Å². The monoisotopic (exact) mass is 867 g/mol. The van der Waals surface area contributed by atoms with Gasteiger partial charge >= 0.3 is 0 Å². The van der Waals surface area contributed by atoms with Crippen LogP contribution in [0.4, 0.5) is 45.5 Å². The van der Waals surface area contributed by atoms with Crippen molar-refractivity contribution in [3.63, 3.8) is 0 Å². The van der Waals surface area contributed by atoms with Crippen LogP contribution in [0.5, 0.6) is 0 Å². The van der Waals surface area contributed by atoms with Crippen molar-refractivity contribution in [3.05, 3.63) is 267 Å². The largest absolute Gasteiger partial charge is 0.355 e. The maximum atomic E-state index is 4.02. The predicted molar refractivity (Wildman–Crippen MR) is 291 cm³/mol. The molecule has 0 amide bonds. The minimum absolute atomic E-state index is 0.764. The van der Waals surface area contributed by atoms with E-state index in [1.54, 1.807) is 0 Å². The highest BCUT2D eigenvalue weighted by Gasteiger charge is 2.30. The smallest absolute Gasteiger partial charge is 0.198 e. The summed E-state index contributed by atoms with van der Waals surface area (Å²) in [7, 11) is 0.764. The Bertz CT molecular complexity index is 3520. The Morgan fingerprint density at radius 2 is 0.912 bits per heavy atom. The number of rotatable bonds is 10. The minimum atomic E-state index is 0.764. The first-order chi connectivity index (χ1) is 33.7. The van der Waals surface area contributed by atoms with Gasteiger partial charge in [-0.2, -0.15) is 0 Å². The highest BCUT2D eigenvalue weighted by Crippen LogP contribution is 2.46. The lowest BCUT2D eigenvalue weighted by atomic mass is 9.57. The normalized spacial score (nSPS) is 11.6. The van der Waals surface area contributed by atoms with Gasteiger partial charge in [0.1, 0.15) is 0 Å². The molecule has 12 rings (SSSR count). The Hall–Kier alpha value is -8.86. The van der Waals surface area contributed by atoms with E-state index in [2.05, 4.69) is 282 Å². The van der Waals surface area contributed by atoms with Gasteiger partial charge in [-0.05, 0) is 128 Å². The minimum Gasteiger partial charge on any atom is -0.355 e. The number of anilines is 8. The molecular formula is C64H46BN3. The van der Waals surface area contributed by atoms with Crippen LogP contribution in [-0.4, -0.2) is 7.28 Å². The Labute approximate surface area is 399 Å². The summed E-state index contributed by atoms with van der Waals surface area (Å²) in [5.74, 6) is 0. The first-order valence-electron chi connectivity index (χ1n) is 23.4. The van der Waals surface area contributed by atoms with E-state index < -0.39 is 0 Å². The summed E-state index contributed by atoms with van der Waals surface area (Å²) in [6.07, 6.45) is 0. The lowest BCUT2D eigenvalue weighted by molar-refractivity contribution is 1.28. The first kappa shape index (κ1) is 40.6. The van der Waals surface area contributed by atoms with E-state index in [4.69, 9.17) is 0 Å². The number of hydrogen-bond donors (Lipinski definition) is 1. The second-order valence-electron chi connectivity index (χ2n) is 17.4. The Morgan fingerprint density at radius 3 is 1.56 bits per heavy atom. The molecule has 0 radical (unpaired) electrons. The van der Waals surface area contributed by atoms with Gasteiger partial charge in [-0.1, -0.05) is 200 Å². The molecule has 0 saturated carbocycles. The number of fused-ring (bicyclic) bond motifs is 3. The summed E-state index contributed by atoms with van der Waals surface area (Å²) < 4.78 is 0. The highest BCUT2D eigenvalue weighted by atomic mass is 15.2. The summed E-state index contributed by atoms with van der Waals surface area (Å²) in [5, 5.41) is 6.42. The van der Waals surface area contributed by atoms with Crippen LogP contribution in [0.2, 0.25) is 0 Å². The van der Waals surface area contributed by atoms with E-state index in [9.17, 15) is 0 Å². The standard InChI is InChI=1S/C64H46BN3/c1-6-20-45(21-7-1)48-27-18-29-52(40-48)66-60-44-56(67(53-30-12-4-13-31-53)54-32-14-5-15-33-54)37-38-58(60)63-57-35-17-16-26-51(57)43-62-64(63)65-59-39-36-50(47-24-10-3-11-25-47)42-61(59)68(62)55-34-19-28-49(41-55)46-22-8-2-9-23-46/h1-44,65-66H. The van der Waals surface area contributed by atoms with Gasteiger partial charge in [0, 0.05) is 51.1 Å². The molecule has 0 unspecified atom stereocenters. The molecule has 0 bridgehead atoms. The van der Waals surface area contributed by atoms with E-state index in [1.165, 1.54) is 66.5 Å².